The number of rotatable bonds is 6. The highest BCUT2D eigenvalue weighted by Crippen LogP contribution is 2.11. The molecule has 6 heteroatoms. The van der Waals surface area contributed by atoms with Gasteiger partial charge in [0.1, 0.15) is 6.73 Å². The van der Waals surface area contributed by atoms with Gasteiger partial charge in [-0.25, -0.2) is 0 Å². The maximum absolute atomic E-state index is 10.8. The first-order valence-electron chi connectivity index (χ1n) is 3.80. The van der Waals surface area contributed by atoms with Crippen LogP contribution in [0.5, 0.6) is 0 Å². The summed E-state index contributed by atoms with van der Waals surface area (Å²) in [4.78, 5) is 21.1. The maximum atomic E-state index is 10.8. The molecular formula is C7H13NO4S. The number of nitrogens with one attached hydrogen (secondary N) is 1. The van der Waals surface area contributed by atoms with Gasteiger partial charge in [-0.1, -0.05) is 0 Å². The molecule has 1 atom stereocenters. The zero-order valence-corrected chi connectivity index (χ0v) is 8.13. The molecule has 0 radical (unpaired) electrons. The molecule has 76 valence electrons. The number of carboxylic acids is 1. The number of aliphatic hydroxyl groups is 1. The Morgan fingerprint density at radius 3 is 2.62 bits per heavy atom. The average molecular weight is 207 g/mol. The predicted octanol–water partition coefficient (Wildman–Crippen LogP) is -0.351. The van der Waals surface area contributed by atoms with E-state index in [-0.39, 0.29) is 19.1 Å². The summed E-state index contributed by atoms with van der Waals surface area (Å²) in [5, 5.41) is 18.5. The Hall–Kier alpha value is -0.750. The molecule has 0 saturated carbocycles. The van der Waals surface area contributed by atoms with Crippen LogP contribution in [0.4, 0.5) is 0 Å². The monoisotopic (exact) mass is 207 g/mol. The van der Waals surface area contributed by atoms with Gasteiger partial charge in [0.2, 0.25) is 5.91 Å². The Balaban J connectivity index is 3.44. The molecule has 0 heterocycles. The Labute approximate surface area is 80.5 Å². The number of thioether (sulfide) groups is 1. The first-order chi connectivity index (χ1) is 6.07. The van der Waals surface area contributed by atoms with Crippen molar-refractivity contribution in [3.05, 3.63) is 0 Å². The Morgan fingerprint density at radius 1 is 1.54 bits per heavy atom. The van der Waals surface area contributed by atoms with Gasteiger partial charge in [0.05, 0.1) is 5.25 Å². The van der Waals surface area contributed by atoms with Gasteiger partial charge in [0, 0.05) is 12.2 Å². The lowest BCUT2D eigenvalue weighted by Gasteiger charge is -2.05. The number of hydrogen-bond acceptors (Lipinski definition) is 4. The molecule has 0 fully saturated rings. The van der Waals surface area contributed by atoms with Gasteiger partial charge < -0.3 is 15.5 Å². The molecule has 13 heavy (non-hydrogen) atoms. The lowest BCUT2D eigenvalue weighted by Crippen LogP contribution is -2.24. The van der Waals surface area contributed by atoms with Crippen LogP contribution < -0.4 is 5.32 Å². The molecule has 0 aromatic rings. The Kier molecular flexibility index (Phi) is 6.34. The van der Waals surface area contributed by atoms with E-state index >= 15 is 0 Å². The third-order valence-electron chi connectivity index (χ3n) is 1.32. The summed E-state index contributed by atoms with van der Waals surface area (Å²) in [6, 6.07) is 0. The highest BCUT2D eigenvalue weighted by atomic mass is 32.2. The van der Waals surface area contributed by atoms with Crippen LogP contribution in [0.15, 0.2) is 0 Å². The molecule has 5 nitrogen and oxygen atoms in total. The number of carbonyl (C=O) groups is 2. The fourth-order valence-corrected chi connectivity index (χ4v) is 1.38. The van der Waals surface area contributed by atoms with Gasteiger partial charge in [0.25, 0.3) is 0 Å². The van der Waals surface area contributed by atoms with Crippen LogP contribution in [0.1, 0.15) is 13.3 Å². The van der Waals surface area contributed by atoms with Gasteiger partial charge in [0.15, 0.2) is 0 Å². The predicted molar refractivity (Wildman–Crippen MR) is 49.4 cm³/mol. The zero-order valence-electron chi connectivity index (χ0n) is 7.32. The number of aliphatic carboxylic acids is 1. The van der Waals surface area contributed by atoms with Crippen molar-refractivity contribution in [2.45, 2.75) is 18.6 Å². The van der Waals surface area contributed by atoms with Crippen molar-refractivity contribution in [2.75, 3.05) is 12.5 Å². The van der Waals surface area contributed by atoms with Crippen molar-refractivity contribution in [2.24, 2.45) is 0 Å². The van der Waals surface area contributed by atoms with E-state index in [1.54, 1.807) is 6.92 Å². The van der Waals surface area contributed by atoms with Gasteiger partial charge >= 0.3 is 5.97 Å². The molecule has 0 aliphatic heterocycles. The number of carbonyl (C=O) groups excluding carboxylic acids is 1. The third-order valence-corrected chi connectivity index (χ3v) is 2.46. The second kappa shape index (κ2) is 6.73. The molecule has 1 amide bonds. The minimum absolute atomic E-state index is 0.225. The quantitative estimate of drug-likeness (QED) is 0.518. The van der Waals surface area contributed by atoms with Crippen LogP contribution in [0.25, 0.3) is 0 Å². The van der Waals surface area contributed by atoms with Crippen molar-refractivity contribution in [1.82, 2.24) is 5.32 Å². The minimum atomic E-state index is -0.882. The summed E-state index contributed by atoms with van der Waals surface area (Å²) < 4.78 is 0. The molecule has 0 saturated heterocycles. The van der Waals surface area contributed by atoms with E-state index in [4.69, 9.17) is 10.2 Å². The summed E-state index contributed by atoms with van der Waals surface area (Å²) >= 11 is 1.20. The molecule has 0 spiro atoms. The lowest BCUT2D eigenvalue weighted by molar-refractivity contribution is -0.136. The van der Waals surface area contributed by atoms with E-state index in [0.717, 1.165) is 0 Å². The summed E-state index contributed by atoms with van der Waals surface area (Å²) in [6.07, 6.45) is 0.225. The van der Waals surface area contributed by atoms with Crippen LogP contribution in [0.3, 0.4) is 0 Å². The van der Waals surface area contributed by atoms with Gasteiger partial charge in [-0.05, 0) is 6.92 Å². The molecule has 1 unspecified atom stereocenters. The molecule has 0 rings (SSSR count). The van der Waals surface area contributed by atoms with E-state index in [0.29, 0.717) is 5.75 Å². The fourth-order valence-electron chi connectivity index (χ4n) is 0.576. The highest BCUT2D eigenvalue weighted by molar-refractivity contribution is 8.00. The number of aliphatic hydroxyl groups excluding tert-OH is 1. The SMILES string of the molecule is CC(SCCC(=O)NCO)C(=O)O. The second-order valence-corrected chi connectivity index (χ2v) is 3.81. The molecule has 0 aliphatic rings. The van der Waals surface area contributed by atoms with Gasteiger partial charge in [-0.15, -0.1) is 11.8 Å². The van der Waals surface area contributed by atoms with Gasteiger partial charge in [-0.3, -0.25) is 9.59 Å². The average Bonchev–Trinajstić information content (AvgIpc) is 2.04. The largest absolute Gasteiger partial charge is 0.480 e. The standard InChI is InChI=1S/C7H13NO4S/c1-5(7(11)12)13-3-2-6(10)8-4-9/h5,9H,2-4H2,1H3,(H,8,10)(H,11,12). The smallest absolute Gasteiger partial charge is 0.316 e. The van der Waals surface area contributed by atoms with Gasteiger partial charge in [-0.2, -0.15) is 0 Å². The molecule has 0 aromatic heterocycles. The van der Waals surface area contributed by atoms with Crippen LogP contribution >= 0.6 is 11.8 Å². The lowest BCUT2D eigenvalue weighted by atomic mass is 10.4. The molecule has 0 aromatic carbocycles. The van der Waals surface area contributed by atoms with Crippen molar-refractivity contribution in [3.63, 3.8) is 0 Å². The third kappa shape index (κ3) is 6.41. The van der Waals surface area contributed by atoms with E-state index < -0.39 is 11.2 Å². The van der Waals surface area contributed by atoms with E-state index in [1.807, 2.05) is 0 Å². The minimum Gasteiger partial charge on any atom is -0.480 e. The summed E-state index contributed by atoms with van der Waals surface area (Å²) in [5.41, 5.74) is 0. The van der Waals surface area contributed by atoms with Crippen molar-refractivity contribution >= 4 is 23.6 Å². The van der Waals surface area contributed by atoms with Crippen LogP contribution in [-0.4, -0.2) is 39.8 Å². The number of hydrogen-bond donors (Lipinski definition) is 3. The van der Waals surface area contributed by atoms with Crippen LogP contribution in [0, 0.1) is 0 Å². The Morgan fingerprint density at radius 2 is 2.15 bits per heavy atom. The molecule has 0 aliphatic carbocycles. The molecular weight excluding hydrogens is 194 g/mol. The van der Waals surface area contributed by atoms with Crippen LogP contribution in [-0.2, 0) is 9.59 Å². The molecule has 3 N–H and O–H groups in total. The fraction of sp³-hybridized carbons (Fsp3) is 0.714. The van der Waals surface area contributed by atoms with E-state index in [1.165, 1.54) is 11.8 Å². The topological polar surface area (TPSA) is 86.6 Å². The second-order valence-electron chi connectivity index (χ2n) is 2.36. The first kappa shape index (κ1) is 12.2. The first-order valence-corrected chi connectivity index (χ1v) is 4.84. The zero-order chi connectivity index (χ0) is 10.3. The highest BCUT2D eigenvalue weighted by Gasteiger charge is 2.11. The van der Waals surface area contributed by atoms with Crippen LogP contribution in [0.2, 0.25) is 0 Å². The molecule has 0 bridgehead atoms. The number of amides is 1. The summed E-state index contributed by atoms with van der Waals surface area (Å²) in [5.74, 6) is -0.709. The van der Waals surface area contributed by atoms with Crippen molar-refractivity contribution < 1.29 is 19.8 Å². The summed E-state index contributed by atoms with van der Waals surface area (Å²) in [6.45, 7) is 1.19. The maximum Gasteiger partial charge on any atom is 0.316 e. The van der Waals surface area contributed by atoms with Crippen molar-refractivity contribution in [3.8, 4) is 0 Å². The van der Waals surface area contributed by atoms with Crippen molar-refractivity contribution in [1.29, 1.82) is 0 Å². The summed E-state index contributed by atoms with van der Waals surface area (Å²) in [7, 11) is 0. The van der Waals surface area contributed by atoms with E-state index in [2.05, 4.69) is 5.32 Å². The normalized spacial score (nSPS) is 12.2. The number of carboxylic acid groups (broad SMARTS) is 1. The van der Waals surface area contributed by atoms with E-state index in [9.17, 15) is 9.59 Å². The Bertz CT molecular complexity index is 185.